The van der Waals surface area contributed by atoms with Crippen LogP contribution in [0.1, 0.15) is 51.9 Å². The molecule has 2 N–H and O–H groups in total. The van der Waals surface area contributed by atoms with Crippen molar-refractivity contribution in [2.24, 2.45) is 10.9 Å². The number of ether oxygens (including phenoxy) is 1. The average Bonchev–Trinajstić information content (AvgIpc) is 2.71. The van der Waals surface area contributed by atoms with Gasteiger partial charge in [0.25, 0.3) is 0 Å². The summed E-state index contributed by atoms with van der Waals surface area (Å²) in [6.45, 7) is 8.14. The van der Waals surface area contributed by atoms with Gasteiger partial charge in [0, 0.05) is 39.8 Å². The number of hydrogen-bond donors (Lipinski definition) is 2. The Morgan fingerprint density at radius 3 is 2.48 bits per heavy atom. The minimum Gasteiger partial charge on any atom is -0.379 e. The second-order valence-corrected chi connectivity index (χ2v) is 8.34. The van der Waals surface area contributed by atoms with Crippen LogP contribution in [0.15, 0.2) is 4.99 Å². The Hall–Kier alpha value is -0.610. The van der Waals surface area contributed by atoms with Crippen molar-refractivity contribution in [2.45, 2.75) is 57.9 Å². The fourth-order valence-corrected chi connectivity index (χ4v) is 3.97. The molecule has 1 aliphatic carbocycles. The number of amides is 1. The third-order valence-electron chi connectivity index (χ3n) is 5.80. The third kappa shape index (κ3) is 10.8. The van der Waals surface area contributed by atoms with Gasteiger partial charge in [0.15, 0.2) is 5.96 Å². The van der Waals surface area contributed by atoms with E-state index in [1.165, 1.54) is 38.5 Å². The summed E-state index contributed by atoms with van der Waals surface area (Å²) in [6.07, 6.45) is 8.68. The van der Waals surface area contributed by atoms with Gasteiger partial charge in [-0.1, -0.05) is 19.8 Å². The van der Waals surface area contributed by atoms with Gasteiger partial charge in [0.05, 0.1) is 13.2 Å². The summed E-state index contributed by atoms with van der Waals surface area (Å²) < 4.78 is 5.40. The molecule has 2 fully saturated rings. The second-order valence-electron chi connectivity index (χ2n) is 8.34. The molecule has 0 aromatic rings. The first kappa shape index (κ1) is 26.4. The highest BCUT2D eigenvalue weighted by Gasteiger charge is 2.21. The van der Waals surface area contributed by atoms with Crippen LogP contribution in [0.3, 0.4) is 0 Å². The zero-order chi connectivity index (χ0) is 20.2. The molecule has 29 heavy (non-hydrogen) atoms. The van der Waals surface area contributed by atoms with E-state index in [4.69, 9.17) is 4.74 Å². The van der Waals surface area contributed by atoms with E-state index >= 15 is 0 Å². The van der Waals surface area contributed by atoms with Crippen molar-refractivity contribution in [2.75, 3.05) is 60.0 Å². The van der Waals surface area contributed by atoms with E-state index in [9.17, 15) is 4.79 Å². The van der Waals surface area contributed by atoms with Crippen LogP contribution in [0.2, 0.25) is 0 Å². The molecule has 1 saturated carbocycles. The van der Waals surface area contributed by atoms with Gasteiger partial charge in [0.1, 0.15) is 6.54 Å². The molecule has 0 unspecified atom stereocenters. The molecule has 2 rings (SSSR count). The van der Waals surface area contributed by atoms with Gasteiger partial charge >= 0.3 is 0 Å². The summed E-state index contributed by atoms with van der Waals surface area (Å²) in [6, 6.07) is 0.466. The summed E-state index contributed by atoms with van der Waals surface area (Å²) in [4.78, 5) is 20.5. The molecular formula is C21H42IN5O2. The smallest absolute Gasteiger partial charge is 0.243 e. The molecule has 170 valence electrons. The topological polar surface area (TPSA) is 69.2 Å². The molecule has 1 heterocycles. The van der Waals surface area contributed by atoms with Crippen molar-refractivity contribution in [1.29, 1.82) is 0 Å². The number of hydrogen-bond acceptors (Lipinski definition) is 4. The van der Waals surface area contributed by atoms with Crippen molar-refractivity contribution in [3.8, 4) is 0 Å². The van der Waals surface area contributed by atoms with Crippen molar-refractivity contribution in [3.05, 3.63) is 0 Å². The van der Waals surface area contributed by atoms with Crippen LogP contribution in [0.5, 0.6) is 0 Å². The summed E-state index contributed by atoms with van der Waals surface area (Å²) in [5.41, 5.74) is 0. The van der Waals surface area contributed by atoms with E-state index in [1.54, 1.807) is 19.0 Å². The molecule has 0 aromatic carbocycles. The molecule has 7 nitrogen and oxygen atoms in total. The number of rotatable bonds is 9. The number of guanidine groups is 1. The lowest BCUT2D eigenvalue weighted by Crippen LogP contribution is -2.46. The highest BCUT2D eigenvalue weighted by molar-refractivity contribution is 14.0. The fourth-order valence-electron chi connectivity index (χ4n) is 3.97. The summed E-state index contributed by atoms with van der Waals surface area (Å²) >= 11 is 0. The van der Waals surface area contributed by atoms with E-state index < -0.39 is 0 Å². The molecule has 0 bridgehead atoms. The zero-order valence-corrected chi connectivity index (χ0v) is 21.0. The SMILES string of the molecule is CCCC1CCC(NC(=NCC(=O)N(C)C)NCCCN2CCOCC2)CC1.I. The Labute approximate surface area is 194 Å². The Balaban J connectivity index is 0.00000420. The van der Waals surface area contributed by atoms with Crippen molar-refractivity contribution < 1.29 is 9.53 Å². The van der Waals surface area contributed by atoms with Crippen molar-refractivity contribution in [3.63, 3.8) is 0 Å². The van der Waals surface area contributed by atoms with Gasteiger partial charge in [-0.15, -0.1) is 24.0 Å². The number of likely N-dealkylation sites (N-methyl/N-ethyl adjacent to an activating group) is 1. The van der Waals surface area contributed by atoms with Gasteiger partial charge in [-0.3, -0.25) is 9.69 Å². The van der Waals surface area contributed by atoms with Crippen LogP contribution in [0.25, 0.3) is 0 Å². The van der Waals surface area contributed by atoms with E-state index in [0.717, 1.165) is 57.7 Å². The lowest BCUT2D eigenvalue weighted by atomic mass is 9.83. The summed E-state index contributed by atoms with van der Waals surface area (Å²) in [5, 5.41) is 7.03. The number of carbonyl (C=O) groups excluding carboxylic acids is 1. The molecular weight excluding hydrogens is 481 g/mol. The van der Waals surface area contributed by atoms with Gasteiger partial charge in [-0.2, -0.15) is 0 Å². The van der Waals surface area contributed by atoms with Crippen LogP contribution in [-0.4, -0.2) is 87.7 Å². The summed E-state index contributed by atoms with van der Waals surface area (Å²) in [7, 11) is 3.55. The Bertz CT molecular complexity index is 476. The van der Waals surface area contributed by atoms with Crippen LogP contribution >= 0.6 is 24.0 Å². The lowest BCUT2D eigenvalue weighted by molar-refractivity contribution is -0.127. The van der Waals surface area contributed by atoms with Crippen LogP contribution in [-0.2, 0) is 9.53 Å². The highest BCUT2D eigenvalue weighted by atomic mass is 127. The van der Waals surface area contributed by atoms with E-state index in [1.807, 2.05) is 0 Å². The van der Waals surface area contributed by atoms with Gasteiger partial charge < -0.3 is 20.3 Å². The normalized spacial score (nSPS) is 23.2. The van der Waals surface area contributed by atoms with Crippen LogP contribution < -0.4 is 10.6 Å². The molecule has 1 amide bonds. The molecule has 0 radical (unpaired) electrons. The minimum absolute atomic E-state index is 0. The van der Waals surface area contributed by atoms with Crippen molar-refractivity contribution >= 4 is 35.8 Å². The molecule has 0 aromatic heterocycles. The van der Waals surface area contributed by atoms with Gasteiger partial charge in [-0.05, 0) is 44.6 Å². The molecule has 1 saturated heterocycles. The van der Waals surface area contributed by atoms with Gasteiger partial charge in [0.2, 0.25) is 5.91 Å². The molecule has 2 aliphatic rings. The first-order valence-electron chi connectivity index (χ1n) is 11.1. The largest absolute Gasteiger partial charge is 0.379 e. The first-order valence-corrected chi connectivity index (χ1v) is 11.1. The van der Waals surface area contributed by atoms with E-state index in [2.05, 4.69) is 27.4 Å². The number of carbonyl (C=O) groups is 1. The zero-order valence-electron chi connectivity index (χ0n) is 18.6. The highest BCUT2D eigenvalue weighted by Crippen LogP contribution is 2.27. The summed E-state index contributed by atoms with van der Waals surface area (Å²) in [5.74, 6) is 1.71. The number of nitrogens with one attached hydrogen (secondary N) is 2. The number of nitrogens with zero attached hydrogens (tertiary/aromatic N) is 3. The predicted octanol–water partition coefficient (Wildman–Crippen LogP) is 2.31. The molecule has 0 atom stereocenters. The molecule has 1 aliphatic heterocycles. The Morgan fingerprint density at radius 2 is 1.86 bits per heavy atom. The quantitative estimate of drug-likeness (QED) is 0.210. The monoisotopic (exact) mass is 523 g/mol. The maximum absolute atomic E-state index is 11.9. The van der Waals surface area contributed by atoms with Crippen LogP contribution in [0.4, 0.5) is 0 Å². The maximum Gasteiger partial charge on any atom is 0.243 e. The minimum atomic E-state index is 0. The third-order valence-corrected chi connectivity index (χ3v) is 5.80. The molecule has 0 spiro atoms. The second kappa shape index (κ2) is 15.2. The van der Waals surface area contributed by atoms with E-state index in [-0.39, 0.29) is 36.4 Å². The number of morpholine rings is 1. The first-order chi connectivity index (χ1) is 13.6. The maximum atomic E-state index is 11.9. The number of halogens is 1. The Morgan fingerprint density at radius 1 is 1.17 bits per heavy atom. The van der Waals surface area contributed by atoms with Crippen molar-refractivity contribution in [1.82, 2.24) is 20.4 Å². The van der Waals surface area contributed by atoms with Gasteiger partial charge in [-0.25, -0.2) is 4.99 Å². The predicted molar refractivity (Wildman–Crippen MR) is 130 cm³/mol. The van der Waals surface area contributed by atoms with E-state index in [0.29, 0.717) is 6.04 Å². The fraction of sp³-hybridized carbons (Fsp3) is 0.905. The van der Waals surface area contributed by atoms with Crippen LogP contribution in [0, 0.1) is 5.92 Å². The standard InChI is InChI=1S/C21H41N5O2.HI/c1-4-6-18-7-9-19(10-8-18)24-21(23-17-20(27)25(2)3)22-11-5-12-26-13-15-28-16-14-26;/h18-19H,4-17H2,1-3H3,(H2,22,23,24);1H. The average molecular weight is 524 g/mol. The molecule has 8 heteroatoms. The Kier molecular flexibility index (Phi) is 13.9. The lowest BCUT2D eigenvalue weighted by Gasteiger charge is -2.30. The number of aliphatic imine (C=N–C) groups is 1.